The molecule has 0 bridgehead atoms. The first-order valence-corrected chi connectivity index (χ1v) is 9.12. The second-order valence-corrected chi connectivity index (χ2v) is 6.44. The molecule has 0 aliphatic rings. The van der Waals surface area contributed by atoms with Crippen LogP contribution in [0.3, 0.4) is 0 Å². The quantitative estimate of drug-likeness (QED) is 0.607. The van der Waals surface area contributed by atoms with Gasteiger partial charge in [-0.1, -0.05) is 42.5 Å². The fourth-order valence-corrected chi connectivity index (χ4v) is 2.98. The van der Waals surface area contributed by atoms with E-state index in [-0.39, 0.29) is 23.7 Å². The van der Waals surface area contributed by atoms with Crippen LogP contribution in [-0.2, 0) is 11.3 Å². The number of para-hydroxylation sites is 1. The number of anilines is 2. The van der Waals surface area contributed by atoms with Gasteiger partial charge in [0.25, 0.3) is 0 Å². The highest BCUT2D eigenvalue weighted by Crippen LogP contribution is 2.22. The summed E-state index contributed by atoms with van der Waals surface area (Å²) >= 11 is 0. The first-order chi connectivity index (χ1) is 14.1. The Labute approximate surface area is 169 Å². The number of hydrogen-bond acceptors (Lipinski definition) is 4. The number of carbonyl (C=O) groups excluding carboxylic acids is 1. The summed E-state index contributed by atoms with van der Waals surface area (Å²) in [6, 6.07) is 23.6. The van der Waals surface area contributed by atoms with Crippen molar-refractivity contribution >= 4 is 23.3 Å². The van der Waals surface area contributed by atoms with Gasteiger partial charge in [-0.05, 0) is 42.0 Å². The zero-order chi connectivity index (χ0) is 20.6. The topological polar surface area (TPSA) is 78.9 Å². The highest BCUT2D eigenvalue weighted by Gasteiger charge is 2.16. The lowest BCUT2D eigenvalue weighted by Crippen LogP contribution is -2.33. The fourth-order valence-electron chi connectivity index (χ4n) is 2.98. The van der Waals surface area contributed by atoms with Crippen LogP contribution in [-0.4, -0.2) is 30.6 Å². The summed E-state index contributed by atoms with van der Waals surface area (Å²) in [5.41, 5.74) is 2.25. The highest BCUT2D eigenvalue weighted by atomic mass is 16.5. The van der Waals surface area contributed by atoms with Gasteiger partial charge in [-0.25, -0.2) is 4.79 Å². The predicted octanol–water partition coefficient (Wildman–Crippen LogP) is 4.04. The van der Waals surface area contributed by atoms with E-state index in [9.17, 15) is 14.7 Å². The third-order valence-corrected chi connectivity index (χ3v) is 4.42. The first-order valence-electron chi connectivity index (χ1n) is 9.12. The van der Waals surface area contributed by atoms with E-state index in [1.807, 2.05) is 59.5 Å². The lowest BCUT2D eigenvalue weighted by Gasteiger charge is -2.25. The van der Waals surface area contributed by atoms with E-state index in [0.29, 0.717) is 6.54 Å². The molecular formula is C23H22N2O4. The average molecular weight is 390 g/mol. The van der Waals surface area contributed by atoms with Gasteiger partial charge in [-0.2, -0.15) is 0 Å². The molecule has 3 rings (SSSR count). The van der Waals surface area contributed by atoms with Gasteiger partial charge >= 0.3 is 5.97 Å². The maximum Gasteiger partial charge on any atom is 0.337 e. The molecule has 6 nitrogen and oxygen atoms in total. The van der Waals surface area contributed by atoms with E-state index >= 15 is 0 Å². The van der Waals surface area contributed by atoms with Crippen molar-refractivity contribution in [3.05, 3.63) is 90.0 Å². The molecule has 0 atom stereocenters. The Morgan fingerprint density at radius 3 is 2.24 bits per heavy atom. The second-order valence-electron chi connectivity index (χ2n) is 6.44. The van der Waals surface area contributed by atoms with Gasteiger partial charge in [-0.15, -0.1) is 0 Å². The largest absolute Gasteiger partial charge is 0.497 e. The number of nitrogens with zero attached hydrogens (tertiary/aromatic N) is 1. The van der Waals surface area contributed by atoms with E-state index in [2.05, 4.69) is 5.32 Å². The number of methoxy groups -OCH3 is 1. The summed E-state index contributed by atoms with van der Waals surface area (Å²) in [7, 11) is 1.60. The van der Waals surface area contributed by atoms with Crippen molar-refractivity contribution < 1.29 is 19.4 Å². The molecule has 0 radical (unpaired) electrons. The zero-order valence-electron chi connectivity index (χ0n) is 16.0. The van der Waals surface area contributed by atoms with Crippen LogP contribution in [0.1, 0.15) is 15.9 Å². The van der Waals surface area contributed by atoms with Crippen molar-refractivity contribution in [3.8, 4) is 5.75 Å². The summed E-state index contributed by atoms with van der Waals surface area (Å²) in [5, 5.41) is 12.0. The minimum atomic E-state index is -1.09. The molecule has 0 aliphatic carbocycles. The van der Waals surface area contributed by atoms with Crippen molar-refractivity contribution in [3.63, 3.8) is 0 Å². The Morgan fingerprint density at radius 2 is 1.59 bits per heavy atom. The Hall–Kier alpha value is -3.80. The van der Waals surface area contributed by atoms with Crippen molar-refractivity contribution in [1.29, 1.82) is 0 Å². The van der Waals surface area contributed by atoms with Crippen LogP contribution in [0.5, 0.6) is 5.75 Å². The van der Waals surface area contributed by atoms with Gasteiger partial charge in [0.1, 0.15) is 5.75 Å². The summed E-state index contributed by atoms with van der Waals surface area (Å²) in [5.74, 6) is -0.657. The molecule has 3 aromatic carbocycles. The lowest BCUT2D eigenvalue weighted by molar-refractivity contribution is -0.115. The second kappa shape index (κ2) is 9.41. The van der Waals surface area contributed by atoms with Crippen LogP contribution in [0.4, 0.5) is 11.4 Å². The summed E-state index contributed by atoms with van der Waals surface area (Å²) in [6.07, 6.45) is 0. The molecule has 0 aromatic heterocycles. The SMILES string of the molecule is COc1ccc(N(CC(=O)Nc2ccccc2C(=O)O)Cc2ccccc2)cc1. The number of carboxylic acids is 1. The van der Waals surface area contributed by atoms with Gasteiger partial charge < -0.3 is 20.1 Å². The van der Waals surface area contributed by atoms with Gasteiger partial charge in [0.15, 0.2) is 0 Å². The van der Waals surface area contributed by atoms with Crippen molar-refractivity contribution in [2.45, 2.75) is 6.54 Å². The maximum absolute atomic E-state index is 12.7. The molecule has 0 aliphatic heterocycles. The third kappa shape index (κ3) is 5.35. The monoisotopic (exact) mass is 390 g/mol. The number of aromatic carboxylic acids is 1. The van der Waals surface area contributed by atoms with Crippen LogP contribution in [0, 0.1) is 0 Å². The lowest BCUT2D eigenvalue weighted by atomic mass is 10.1. The summed E-state index contributed by atoms with van der Waals surface area (Å²) < 4.78 is 5.21. The molecule has 0 saturated carbocycles. The Balaban J connectivity index is 1.80. The van der Waals surface area contributed by atoms with Crippen LogP contribution in [0.25, 0.3) is 0 Å². The number of carbonyl (C=O) groups is 2. The molecule has 0 heterocycles. The van der Waals surface area contributed by atoms with Gasteiger partial charge in [0.05, 0.1) is 24.9 Å². The zero-order valence-corrected chi connectivity index (χ0v) is 16.0. The van der Waals surface area contributed by atoms with E-state index in [4.69, 9.17) is 4.74 Å². The van der Waals surface area contributed by atoms with E-state index in [0.717, 1.165) is 17.0 Å². The van der Waals surface area contributed by atoms with Gasteiger partial charge in [0, 0.05) is 12.2 Å². The number of hydrogen-bond donors (Lipinski definition) is 2. The van der Waals surface area contributed by atoms with Crippen LogP contribution >= 0.6 is 0 Å². The number of benzene rings is 3. The molecule has 2 N–H and O–H groups in total. The van der Waals surface area contributed by atoms with E-state index in [1.54, 1.807) is 25.3 Å². The molecule has 0 fully saturated rings. The maximum atomic E-state index is 12.7. The third-order valence-electron chi connectivity index (χ3n) is 4.42. The number of nitrogens with one attached hydrogen (secondary N) is 1. The van der Waals surface area contributed by atoms with Gasteiger partial charge in [0.2, 0.25) is 5.91 Å². The molecule has 0 saturated heterocycles. The Morgan fingerprint density at radius 1 is 0.931 bits per heavy atom. The number of carboxylic acid groups (broad SMARTS) is 1. The minimum absolute atomic E-state index is 0.0555. The van der Waals surface area contributed by atoms with Crippen molar-refractivity contribution in [2.24, 2.45) is 0 Å². The molecule has 3 aromatic rings. The normalized spacial score (nSPS) is 10.2. The fraction of sp³-hybridized carbons (Fsp3) is 0.130. The molecule has 0 spiro atoms. The number of rotatable bonds is 8. The Kier molecular flexibility index (Phi) is 6.47. The average Bonchev–Trinajstić information content (AvgIpc) is 2.74. The smallest absolute Gasteiger partial charge is 0.337 e. The van der Waals surface area contributed by atoms with Crippen molar-refractivity contribution in [2.75, 3.05) is 23.9 Å². The molecule has 6 heteroatoms. The van der Waals surface area contributed by atoms with Crippen LogP contribution in [0.15, 0.2) is 78.9 Å². The predicted molar refractivity (Wildman–Crippen MR) is 113 cm³/mol. The van der Waals surface area contributed by atoms with E-state index < -0.39 is 5.97 Å². The molecule has 1 amide bonds. The highest BCUT2D eigenvalue weighted by molar-refractivity contribution is 6.01. The van der Waals surface area contributed by atoms with Gasteiger partial charge in [-0.3, -0.25) is 4.79 Å². The standard InChI is InChI=1S/C23H22N2O4/c1-29-19-13-11-18(12-14-19)25(15-17-7-3-2-4-8-17)16-22(26)24-21-10-6-5-9-20(21)23(27)28/h2-14H,15-16H2,1H3,(H,24,26)(H,27,28). The minimum Gasteiger partial charge on any atom is -0.497 e. The first kappa shape index (κ1) is 19.9. The number of amides is 1. The van der Waals surface area contributed by atoms with Crippen molar-refractivity contribution in [1.82, 2.24) is 0 Å². The summed E-state index contributed by atoms with van der Waals surface area (Å²) in [6.45, 7) is 0.594. The van der Waals surface area contributed by atoms with E-state index in [1.165, 1.54) is 6.07 Å². The molecule has 0 unspecified atom stereocenters. The molecular weight excluding hydrogens is 368 g/mol. The molecule has 29 heavy (non-hydrogen) atoms. The summed E-state index contributed by atoms with van der Waals surface area (Å²) in [4.78, 5) is 26.0. The van der Waals surface area contributed by atoms with Crippen LogP contribution < -0.4 is 15.0 Å². The Bertz CT molecular complexity index is 972. The number of ether oxygens (including phenoxy) is 1. The molecule has 148 valence electrons. The van der Waals surface area contributed by atoms with Crippen LogP contribution in [0.2, 0.25) is 0 Å².